The fourth-order valence-corrected chi connectivity index (χ4v) is 2.26. The largest absolute Gasteiger partial charge is 0.481 e. The van der Waals surface area contributed by atoms with Crippen molar-refractivity contribution in [2.45, 2.75) is 26.4 Å². The highest BCUT2D eigenvalue weighted by molar-refractivity contribution is 9.10. The van der Waals surface area contributed by atoms with E-state index in [1.165, 1.54) is 0 Å². The Morgan fingerprint density at radius 1 is 1.40 bits per heavy atom. The van der Waals surface area contributed by atoms with Crippen LogP contribution in [0.5, 0.6) is 5.75 Å². The van der Waals surface area contributed by atoms with Gasteiger partial charge in [-0.05, 0) is 24.1 Å². The molecule has 0 heterocycles. The molecule has 110 valence electrons. The maximum atomic E-state index is 5.57. The van der Waals surface area contributed by atoms with E-state index in [1.54, 1.807) is 7.11 Å². The number of nitrogens with one attached hydrogen (secondary N) is 1. The molecule has 1 unspecified atom stereocenters. The van der Waals surface area contributed by atoms with Crippen LogP contribution in [-0.2, 0) is 11.3 Å². The van der Waals surface area contributed by atoms with E-state index >= 15 is 0 Å². The second-order valence-corrected chi connectivity index (χ2v) is 5.85. The second kappa shape index (κ2) is 9.02. The van der Waals surface area contributed by atoms with Gasteiger partial charge in [-0.25, -0.2) is 0 Å². The third-order valence-corrected chi connectivity index (χ3v) is 3.53. The number of methoxy groups -OCH3 is 1. The first kappa shape index (κ1) is 17.0. The van der Waals surface area contributed by atoms with Gasteiger partial charge < -0.3 is 14.8 Å². The third-order valence-electron chi connectivity index (χ3n) is 3.04. The van der Waals surface area contributed by atoms with E-state index in [0.29, 0.717) is 25.1 Å². The van der Waals surface area contributed by atoms with Crippen molar-refractivity contribution in [3.8, 4) is 18.1 Å². The normalized spacial score (nSPS) is 12.2. The van der Waals surface area contributed by atoms with Crippen LogP contribution in [0.1, 0.15) is 19.4 Å². The minimum absolute atomic E-state index is 0.278. The zero-order valence-electron chi connectivity index (χ0n) is 12.3. The number of terminal acetylenes is 1. The first-order chi connectivity index (χ1) is 9.58. The summed E-state index contributed by atoms with van der Waals surface area (Å²) < 4.78 is 11.8. The van der Waals surface area contributed by atoms with Crippen molar-refractivity contribution in [2.24, 2.45) is 5.92 Å². The van der Waals surface area contributed by atoms with Crippen molar-refractivity contribution in [2.75, 3.05) is 20.3 Å². The van der Waals surface area contributed by atoms with Crippen LogP contribution in [0.4, 0.5) is 0 Å². The fraction of sp³-hybridized carbons (Fsp3) is 0.500. The lowest BCUT2D eigenvalue weighted by Gasteiger charge is -2.22. The zero-order chi connectivity index (χ0) is 15.0. The molecule has 0 aliphatic heterocycles. The summed E-state index contributed by atoms with van der Waals surface area (Å²) in [5, 5.41) is 3.50. The predicted molar refractivity (Wildman–Crippen MR) is 85.8 cm³/mol. The molecule has 1 N–H and O–H groups in total. The van der Waals surface area contributed by atoms with Crippen LogP contribution in [0.2, 0.25) is 0 Å². The monoisotopic (exact) mass is 339 g/mol. The molecule has 4 heteroatoms. The summed E-state index contributed by atoms with van der Waals surface area (Å²) in [6.45, 7) is 6.03. The van der Waals surface area contributed by atoms with Crippen LogP contribution >= 0.6 is 15.9 Å². The molecule has 0 aromatic heterocycles. The van der Waals surface area contributed by atoms with E-state index in [-0.39, 0.29) is 6.61 Å². The van der Waals surface area contributed by atoms with Crippen molar-refractivity contribution in [3.05, 3.63) is 28.2 Å². The van der Waals surface area contributed by atoms with Crippen LogP contribution < -0.4 is 10.1 Å². The number of halogens is 1. The van der Waals surface area contributed by atoms with E-state index in [1.807, 2.05) is 18.2 Å². The summed E-state index contributed by atoms with van der Waals surface area (Å²) in [5.74, 6) is 3.80. The quantitative estimate of drug-likeness (QED) is 0.737. The van der Waals surface area contributed by atoms with Gasteiger partial charge in [-0.15, -0.1) is 6.42 Å². The van der Waals surface area contributed by atoms with E-state index in [2.05, 4.69) is 41.0 Å². The Labute approximate surface area is 130 Å². The van der Waals surface area contributed by atoms with Crippen LogP contribution in [-0.4, -0.2) is 26.4 Å². The lowest BCUT2D eigenvalue weighted by atomic mass is 10.0. The Morgan fingerprint density at radius 3 is 2.75 bits per heavy atom. The standard InChI is InChI=1S/C16H22BrNO2/c1-5-8-20-16-7-6-14(17)9-13(16)10-18-15(11-19-4)12(2)3/h1,6-7,9,12,15,18H,8,10-11H2,2-4H3. The third kappa shape index (κ3) is 5.54. The van der Waals surface area contributed by atoms with Crippen LogP contribution in [0.15, 0.2) is 22.7 Å². The fourth-order valence-electron chi connectivity index (χ4n) is 1.85. The molecule has 3 nitrogen and oxygen atoms in total. The summed E-state index contributed by atoms with van der Waals surface area (Å²) in [4.78, 5) is 0. The first-order valence-corrected chi connectivity index (χ1v) is 7.44. The maximum Gasteiger partial charge on any atom is 0.148 e. The number of ether oxygens (including phenoxy) is 2. The Morgan fingerprint density at radius 2 is 2.15 bits per heavy atom. The molecule has 0 saturated heterocycles. The van der Waals surface area contributed by atoms with Crippen molar-refractivity contribution >= 4 is 15.9 Å². The van der Waals surface area contributed by atoms with E-state index in [0.717, 1.165) is 15.8 Å². The molecule has 0 bridgehead atoms. The SMILES string of the molecule is C#CCOc1ccc(Br)cc1CNC(COC)C(C)C. The average molecular weight is 340 g/mol. The van der Waals surface area contributed by atoms with Gasteiger partial charge in [0.25, 0.3) is 0 Å². The van der Waals surface area contributed by atoms with Gasteiger partial charge in [0.05, 0.1) is 6.61 Å². The van der Waals surface area contributed by atoms with Crippen LogP contribution in [0, 0.1) is 18.3 Å². The molecule has 1 rings (SSSR count). The van der Waals surface area contributed by atoms with Gasteiger partial charge in [0.1, 0.15) is 12.4 Å². The molecular weight excluding hydrogens is 318 g/mol. The summed E-state index contributed by atoms with van der Waals surface area (Å²) >= 11 is 3.48. The van der Waals surface area contributed by atoms with Crippen molar-refractivity contribution in [1.82, 2.24) is 5.32 Å². The topological polar surface area (TPSA) is 30.5 Å². The van der Waals surface area contributed by atoms with E-state index in [9.17, 15) is 0 Å². The van der Waals surface area contributed by atoms with Crippen molar-refractivity contribution in [3.63, 3.8) is 0 Å². The van der Waals surface area contributed by atoms with E-state index < -0.39 is 0 Å². The zero-order valence-corrected chi connectivity index (χ0v) is 13.9. The van der Waals surface area contributed by atoms with Gasteiger partial charge in [-0.2, -0.15) is 0 Å². The number of hydrogen-bond donors (Lipinski definition) is 1. The van der Waals surface area contributed by atoms with Crippen molar-refractivity contribution < 1.29 is 9.47 Å². The molecule has 0 fully saturated rings. The van der Waals surface area contributed by atoms with E-state index in [4.69, 9.17) is 15.9 Å². The lowest BCUT2D eigenvalue weighted by Crippen LogP contribution is -2.37. The number of rotatable bonds is 8. The first-order valence-electron chi connectivity index (χ1n) is 6.65. The number of hydrogen-bond acceptors (Lipinski definition) is 3. The van der Waals surface area contributed by atoms with Crippen LogP contribution in [0.3, 0.4) is 0 Å². The Bertz CT molecular complexity index is 454. The molecule has 1 aromatic rings. The highest BCUT2D eigenvalue weighted by atomic mass is 79.9. The summed E-state index contributed by atoms with van der Waals surface area (Å²) in [5.41, 5.74) is 1.08. The predicted octanol–water partition coefficient (Wildman–Crippen LogP) is 3.22. The minimum Gasteiger partial charge on any atom is -0.481 e. The second-order valence-electron chi connectivity index (χ2n) is 4.93. The maximum absolute atomic E-state index is 5.57. The van der Waals surface area contributed by atoms with Gasteiger partial charge in [-0.3, -0.25) is 0 Å². The van der Waals surface area contributed by atoms with Gasteiger partial charge >= 0.3 is 0 Å². The van der Waals surface area contributed by atoms with Gasteiger partial charge in [-0.1, -0.05) is 35.7 Å². The Hall–Kier alpha value is -1.02. The summed E-state index contributed by atoms with van der Waals surface area (Å²) in [7, 11) is 1.72. The summed E-state index contributed by atoms with van der Waals surface area (Å²) in [6.07, 6.45) is 5.24. The molecule has 1 atom stereocenters. The molecule has 0 amide bonds. The number of benzene rings is 1. The van der Waals surface area contributed by atoms with Gasteiger partial charge in [0.2, 0.25) is 0 Å². The molecular formula is C16H22BrNO2. The van der Waals surface area contributed by atoms with Crippen molar-refractivity contribution in [1.29, 1.82) is 0 Å². The highest BCUT2D eigenvalue weighted by Crippen LogP contribution is 2.23. The highest BCUT2D eigenvalue weighted by Gasteiger charge is 2.13. The van der Waals surface area contributed by atoms with Crippen LogP contribution in [0.25, 0.3) is 0 Å². The molecule has 20 heavy (non-hydrogen) atoms. The average Bonchev–Trinajstić information content (AvgIpc) is 2.42. The molecule has 0 saturated carbocycles. The molecule has 0 aliphatic rings. The molecule has 0 spiro atoms. The minimum atomic E-state index is 0.278. The summed E-state index contributed by atoms with van der Waals surface area (Å²) in [6, 6.07) is 6.23. The lowest BCUT2D eigenvalue weighted by molar-refractivity contribution is 0.146. The molecule has 0 radical (unpaired) electrons. The smallest absolute Gasteiger partial charge is 0.148 e. The Balaban J connectivity index is 2.74. The molecule has 0 aliphatic carbocycles. The van der Waals surface area contributed by atoms with Gasteiger partial charge in [0.15, 0.2) is 0 Å². The Kier molecular flexibility index (Phi) is 7.68. The van der Waals surface area contributed by atoms with Gasteiger partial charge in [0, 0.05) is 29.7 Å². The molecule has 1 aromatic carbocycles.